The summed E-state index contributed by atoms with van der Waals surface area (Å²) in [4.78, 5) is 0. The first kappa shape index (κ1) is 17.8. The number of aliphatic hydroxyl groups is 1. The summed E-state index contributed by atoms with van der Waals surface area (Å²) in [5, 5.41) is 9.99. The highest BCUT2D eigenvalue weighted by molar-refractivity contribution is 5.03. The minimum absolute atomic E-state index is 0.320. The first-order chi connectivity index (χ1) is 10.2. The summed E-state index contributed by atoms with van der Waals surface area (Å²) < 4.78 is 10.7. The van der Waals surface area contributed by atoms with E-state index in [9.17, 15) is 5.11 Å². The SMILES string of the molecule is CCCC=CCCC=CCCC(O)CC(C)=C1OCCO1. The van der Waals surface area contributed by atoms with Crippen molar-refractivity contribution in [1.29, 1.82) is 0 Å². The molecule has 0 spiro atoms. The molecule has 0 aliphatic carbocycles. The van der Waals surface area contributed by atoms with Crippen LogP contribution in [0, 0.1) is 0 Å². The third-order valence-corrected chi connectivity index (χ3v) is 3.40. The molecule has 0 saturated carbocycles. The van der Waals surface area contributed by atoms with Gasteiger partial charge in [-0.2, -0.15) is 0 Å². The molecule has 0 radical (unpaired) electrons. The van der Waals surface area contributed by atoms with E-state index in [1.165, 1.54) is 12.8 Å². The fourth-order valence-electron chi connectivity index (χ4n) is 2.21. The maximum atomic E-state index is 9.99. The summed E-state index contributed by atoms with van der Waals surface area (Å²) in [6, 6.07) is 0. The number of ether oxygens (including phenoxy) is 2. The Morgan fingerprint density at radius 1 is 1.05 bits per heavy atom. The van der Waals surface area contributed by atoms with Gasteiger partial charge in [0.2, 0.25) is 0 Å². The Kier molecular flexibility index (Phi) is 9.71. The summed E-state index contributed by atoms with van der Waals surface area (Å²) in [5.74, 6) is 0.614. The Bertz CT molecular complexity index is 347. The molecule has 1 aliphatic rings. The molecule has 0 aromatic carbocycles. The zero-order valence-corrected chi connectivity index (χ0v) is 13.5. The van der Waals surface area contributed by atoms with E-state index in [4.69, 9.17) is 9.47 Å². The molecular formula is C18H30O3. The minimum Gasteiger partial charge on any atom is -0.462 e. The van der Waals surface area contributed by atoms with E-state index in [0.717, 1.165) is 31.3 Å². The normalized spacial score (nSPS) is 16.4. The highest BCUT2D eigenvalue weighted by Gasteiger charge is 2.14. The van der Waals surface area contributed by atoms with Crippen molar-refractivity contribution in [2.24, 2.45) is 0 Å². The van der Waals surface area contributed by atoms with Crippen LogP contribution in [0.4, 0.5) is 0 Å². The van der Waals surface area contributed by atoms with E-state index >= 15 is 0 Å². The summed E-state index contributed by atoms with van der Waals surface area (Å²) in [7, 11) is 0. The van der Waals surface area contributed by atoms with Gasteiger partial charge in [-0.05, 0) is 39.0 Å². The highest BCUT2D eigenvalue weighted by Crippen LogP contribution is 2.19. The van der Waals surface area contributed by atoms with Gasteiger partial charge in [-0.15, -0.1) is 0 Å². The predicted octanol–water partition coefficient (Wildman–Crippen LogP) is 4.49. The molecule has 1 fully saturated rings. The topological polar surface area (TPSA) is 38.7 Å². The van der Waals surface area contributed by atoms with Crippen LogP contribution in [0.1, 0.15) is 58.8 Å². The largest absolute Gasteiger partial charge is 0.462 e. The smallest absolute Gasteiger partial charge is 0.278 e. The summed E-state index contributed by atoms with van der Waals surface area (Å²) in [5.41, 5.74) is 1.00. The van der Waals surface area contributed by atoms with Gasteiger partial charge in [0, 0.05) is 12.0 Å². The lowest BCUT2D eigenvalue weighted by Gasteiger charge is -2.10. The van der Waals surface area contributed by atoms with Crippen LogP contribution in [0.5, 0.6) is 0 Å². The van der Waals surface area contributed by atoms with E-state index in [1.807, 2.05) is 6.92 Å². The molecule has 21 heavy (non-hydrogen) atoms. The Hall–Kier alpha value is -1.22. The lowest BCUT2D eigenvalue weighted by Crippen LogP contribution is -2.07. The van der Waals surface area contributed by atoms with Gasteiger partial charge in [0.15, 0.2) is 0 Å². The molecule has 1 aliphatic heterocycles. The lowest BCUT2D eigenvalue weighted by molar-refractivity contribution is 0.144. The maximum Gasteiger partial charge on any atom is 0.278 e. The number of allylic oxidation sites excluding steroid dienone is 4. The van der Waals surface area contributed by atoms with Crippen molar-refractivity contribution in [2.45, 2.75) is 64.9 Å². The van der Waals surface area contributed by atoms with Crippen molar-refractivity contribution in [1.82, 2.24) is 0 Å². The minimum atomic E-state index is -0.320. The second-order valence-corrected chi connectivity index (χ2v) is 5.51. The van der Waals surface area contributed by atoms with E-state index in [0.29, 0.717) is 25.6 Å². The molecule has 1 rings (SSSR count). The average molecular weight is 294 g/mol. The molecule has 1 atom stereocenters. The second kappa shape index (κ2) is 11.4. The van der Waals surface area contributed by atoms with Gasteiger partial charge in [0.25, 0.3) is 5.95 Å². The number of unbranched alkanes of at least 4 members (excludes halogenated alkanes) is 2. The van der Waals surface area contributed by atoms with Crippen molar-refractivity contribution in [3.05, 3.63) is 35.8 Å². The zero-order chi connectivity index (χ0) is 15.3. The molecule has 0 aromatic rings. The second-order valence-electron chi connectivity index (χ2n) is 5.51. The van der Waals surface area contributed by atoms with Crippen LogP contribution in [0.3, 0.4) is 0 Å². The molecule has 0 amide bonds. The van der Waals surface area contributed by atoms with Crippen LogP contribution in [0.25, 0.3) is 0 Å². The monoisotopic (exact) mass is 294 g/mol. The highest BCUT2D eigenvalue weighted by atomic mass is 16.7. The molecule has 1 saturated heterocycles. The molecule has 1 heterocycles. The number of aliphatic hydroxyl groups excluding tert-OH is 1. The third kappa shape index (κ3) is 8.61. The molecule has 1 N–H and O–H groups in total. The third-order valence-electron chi connectivity index (χ3n) is 3.40. The number of hydrogen-bond acceptors (Lipinski definition) is 3. The first-order valence-electron chi connectivity index (χ1n) is 8.17. The van der Waals surface area contributed by atoms with Gasteiger partial charge in [-0.25, -0.2) is 0 Å². The lowest BCUT2D eigenvalue weighted by atomic mass is 10.1. The van der Waals surface area contributed by atoms with Crippen molar-refractivity contribution in [3.63, 3.8) is 0 Å². The van der Waals surface area contributed by atoms with Crippen LogP contribution in [-0.4, -0.2) is 24.4 Å². The molecule has 0 bridgehead atoms. The summed E-state index contributed by atoms with van der Waals surface area (Å²) >= 11 is 0. The van der Waals surface area contributed by atoms with E-state index in [2.05, 4.69) is 31.2 Å². The van der Waals surface area contributed by atoms with E-state index < -0.39 is 0 Å². The number of hydrogen-bond donors (Lipinski definition) is 1. The van der Waals surface area contributed by atoms with Gasteiger partial charge in [-0.3, -0.25) is 0 Å². The molecule has 120 valence electrons. The van der Waals surface area contributed by atoms with Gasteiger partial charge >= 0.3 is 0 Å². The Morgan fingerprint density at radius 2 is 1.62 bits per heavy atom. The standard InChI is InChI=1S/C18H30O3/c1-3-4-5-6-7-8-9-10-11-12-17(19)15-16(2)18-20-13-14-21-18/h5-6,9-10,17,19H,3-4,7-8,11-15H2,1-2H3. The van der Waals surface area contributed by atoms with Crippen LogP contribution in [0.15, 0.2) is 35.8 Å². The molecular weight excluding hydrogens is 264 g/mol. The Labute approximate surface area is 129 Å². The van der Waals surface area contributed by atoms with Crippen LogP contribution in [-0.2, 0) is 9.47 Å². The van der Waals surface area contributed by atoms with Crippen molar-refractivity contribution < 1.29 is 14.6 Å². The van der Waals surface area contributed by atoms with Crippen molar-refractivity contribution >= 4 is 0 Å². The fraction of sp³-hybridized carbons (Fsp3) is 0.667. The number of rotatable bonds is 10. The van der Waals surface area contributed by atoms with Gasteiger partial charge in [0.1, 0.15) is 13.2 Å². The van der Waals surface area contributed by atoms with Crippen molar-refractivity contribution in [3.8, 4) is 0 Å². The van der Waals surface area contributed by atoms with Crippen LogP contribution in [0.2, 0.25) is 0 Å². The average Bonchev–Trinajstić information content (AvgIpc) is 3.00. The van der Waals surface area contributed by atoms with Crippen LogP contribution < -0.4 is 0 Å². The maximum absolute atomic E-state index is 9.99. The van der Waals surface area contributed by atoms with Gasteiger partial charge in [-0.1, -0.05) is 37.6 Å². The van der Waals surface area contributed by atoms with Crippen molar-refractivity contribution in [2.75, 3.05) is 13.2 Å². The first-order valence-corrected chi connectivity index (χ1v) is 8.17. The van der Waals surface area contributed by atoms with Gasteiger partial charge in [0.05, 0.1) is 6.10 Å². The molecule has 3 nitrogen and oxygen atoms in total. The predicted molar refractivity (Wildman–Crippen MR) is 86.9 cm³/mol. The molecule has 1 unspecified atom stereocenters. The zero-order valence-electron chi connectivity index (χ0n) is 13.5. The van der Waals surface area contributed by atoms with Crippen LogP contribution >= 0.6 is 0 Å². The fourth-order valence-corrected chi connectivity index (χ4v) is 2.21. The molecule has 3 heteroatoms. The van der Waals surface area contributed by atoms with E-state index in [-0.39, 0.29) is 6.10 Å². The Balaban J connectivity index is 2.07. The molecule has 0 aromatic heterocycles. The summed E-state index contributed by atoms with van der Waals surface area (Å²) in [6.45, 7) is 5.40. The van der Waals surface area contributed by atoms with Gasteiger partial charge < -0.3 is 14.6 Å². The summed E-state index contributed by atoms with van der Waals surface area (Å²) in [6.07, 6.45) is 15.5. The quantitative estimate of drug-likeness (QED) is 0.476. The Morgan fingerprint density at radius 3 is 2.24 bits per heavy atom. The van der Waals surface area contributed by atoms with E-state index in [1.54, 1.807) is 0 Å².